The highest BCUT2D eigenvalue weighted by Gasteiger charge is 2.19. The lowest BCUT2D eigenvalue weighted by Gasteiger charge is -2.16. The second-order valence-corrected chi connectivity index (χ2v) is 7.79. The van der Waals surface area contributed by atoms with Crippen LogP contribution in [0.5, 0.6) is 5.75 Å². The topological polar surface area (TPSA) is 66.8 Å². The number of carboxylic acids is 1. The van der Waals surface area contributed by atoms with Gasteiger partial charge in [0.25, 0.3) is 0 Å². The van der Waals surface area contributed by atoms with E-state index in [1.807, 2.05) is 12.1 Å². The van der Waals surface area contributed by atoms with E-state index >= 15 is 0 Å². The molecule has 0 bridgehead atoms. The predicted octanol–water partition coefficient (Wildman–Crippen LogP) is 6.66. The van der Waals surface area contributed by atoms with E-state index in [0.717, 1.165) is 44.1 Å². The van der Waals surface area contributed by atoms with Crippen LogP contribution in [0.2, 0.25) is 0 Å². The summed E-state index contributed by atoms with van der Waals surface area (Å²) >= 11 is 0. The fraction of sp³-hybridized carbons (Fsp3) is 0.708. The van der Waals surface area contributed by atoms with E-state index < -0.39 is 18.2 Å². The molecule has 0 saturated heterocycles. The van der Waals surface area contributed by atoms with Crippen molar-refractivity contribution in [3.05, 3.63) is 29.8 Å². The van der Waals surface area contributed by atoms with Gasteiger partial charge in [-0.2, -0.15) is 0 Å². The number of aliphatic hydroxyl groups is 1. The van der Waals surface area contributed by atoms with Crippen LogP contribution >= 0.6 is 0 Å². The molecule has 2 N–H and O–H groups in total. The summed E-state index contributed by atoms with van der Waals surface area (Å²) in [6, 6.07) is 7.23. The molecule has 0 amide bonds. The summed E-state index contributed by atoms with van der Waals surface area (Å²) in [5, 5.41) is 19.7. The van der Waals surface area contributed by atoms with Crippen molar-refractivity contribution in [1.82, 2.24) is 0 Å². The van der Waals surface area contributed by atoms with Gasteiger partial charge in [0.2, 0.25) is 0 Å². The Kier molecular flexibility index (Phi) is 13.5. The van der Waals surface area contributed by atoms with Crippen molar-refractivity contribution in [1.29, 1.82) is 0 Å². The third-order valence-electron chi connectivity index (χ3n) is 5.22. The molecule has 0 spiro atoms. The predicted molar refractivity (Wildman–Crippen MR) is 115 cm³/mol. The Morgan fingerprint density at radius 1 is 0.821 bits per heavy atom. The zero-order valence-electron chi connectivity index (χ0n) is 17.9. The zero-order chi connectivity index (χ0) is 20.6. The van der Waals surface area contributed by atoms with Crippen LogP contribution in [0.4, 0.5) is 0 Å². The Balaban J connectivity index is 2.39. The molecule has 1 aromatic carbocycles. The van der Waals surface area contributed by atoms with Crippen LogP contribution in [0.15, 0.2) is 24.3 Å². The highest BCUT2D eigenvalue weighted by Crippen LogP contribution is 2.24. The molecule has 1 rings (SSSR count). The number of benzene rings is 1. The van der Waals surface area contributed by atoms with Gasteiger partial charge in [0.1, 0.15) is 5.75 Å². The maximum atomic E-state index is 11.5. The molecule has 2 atom stereocenters. The smallest absolute Gasteiger partial charge is 0.344 e. The van der Waals surface area contributed by atoms with Crippen molar-refractivity contribution in [3.63, 3.8) is 0 Å². The molecule has 0 aliphatic carbocycles. The molecule has 0 aromatic heterocycles. The fourth-order valence-corrected chi connectivity index (χ4v) is 3.38. The maximum absolute atomic E-state index is 11.5. The first-order valence-corrected chi connectivity index (χ1v) is 11.3. The van der Waals surface area contributed by atoms with Crippen molar-refractivity contribution in [2.24, 2.45) is 0 Å². The number of hydrogen-bond acceptors (Lipinski definition) is 3. The van der Waals surface area contributed by atoms with Gasteiger partial charge >= 0.3 is 5.97 Å². The van der Waals surface area contributed by atoms with Gasteiger partial charge in [-0.1, -0.05) is 90.2 Å². The van der Waals surface area contributed by atoms with Gasteiger partial charge in [0, 0.05) is 0 Å². The molecule has 1 aromatic rings. The number of ether oxygens (including phenoxy) is 1. The van der Waals surface area contributed by atoms with Crippen LogP contribution in [0.1, 0.15) is 109 Å². The van der Waals surface area contributed by atoms with Gasteiger partial charge in [-0.3, -0.25) is 0 Å². The number of carbonyl (C=O) groups is 1. The minimum atomic E-state index is -0.912. The summed E-state index contributed by atoms with van der Waals surface area (Å²) in [4.78, 5) is 11.5. The molecule has 4 nitrogen and oxygen atoms in total. The lowest BCUT2D eigenvalue weighted by molar-refractivity contribution is -0.145. The summed E-state index contributed by atoms with van der Waals surface area (Å²) in [6.07, 6.45) is 12.7. The van der Waals surface area contributed by atoms with Crippen LogP contribution in [0, 0.1) is 0 Å². The molecule has 0 aliphatic heterocycles. The Bertz CT molecular complexity index is 512. The number of rotatable bonds is 17. The average Bonchev–Trinajstić information content (AvgIpc) is 2.69. The SMILES string of the molecule is CCCCCCCCC(Oc1ccc(C(O)CCCCCCC)cc1)C(=O)O. The van der Waals surface area contributed by atoms with Gasteiger partial charge < -0.3 is 14.9 Å². The van der Waals surface area contributed by atoms with E-state index in [2.05, 4.69) is 13.8 Å². The number of aliphatic hydroxyl groups excluding tert-OH is 1. The Hall–Kier alpha value is -1.55. The van der Waals surface area contributed by atoms with Gasteiger partial charge in [-0.15, -0.1) is 0 Å². The lowest BCUT2D eigenvalue weighted by Crippen LogP contribution is -2.26. The largest absolute Gasteiger partial charge is 0.479 e. The maximum Gasteiger partial charge on any atom is 0.344 e. The molecule has 0 radical (unpaired) electrons. The second-order valence-electron chi connectivity index (χ2n) is 7.79. The summed E-state index contributed by atoms with van der Waals surface area (Å²) in [5.41, 5.74) is 0.866. The summed E-state index contributed by atoms with van der Waals surface area (Å²) < 4.78 is 5.68. The molecule has 0 heterocycles. The van der Waals surface area contributed by atoms with Gasteiger partial charge in [-0.05, 0) is 37.0 Å². The van der Waals surface area contributed by atoms with Crippen molar-refractivity contribution in [2.45, 2.75) is 110 Å². The van der Waals surface area contributed by atoms with Crippen LogP contribution in [-0.4, -0.2) is 22.3 Å². The van der Waals surface area contributed by atoms with Gasteiger partial charge in [0.05, 0.1) is 6.10 Å². The summed E-state index contributed by atoms with van der Waals surface area (Å²) in [6.45, 7) is 4.38. The van der Waals surface area contributed by atoms with E-state index in [0.29, 0.717) is 12.2 Å². The average molecular weight is 393 g/mol. The van der Waals surface area contributed by atoms with E-state index in [9.17, 15) is 15.0 Å². The van der Waals surface area contributed by atoms with Crippen molar-refractivity contribution in [2.75, 3.05) is 0 Å². The van der Waals surface area contributed by atoms with E-state index in [1.165, 1.54) is 38.5 Å². The molecule has 0 fully saturated rings. The number of carboxylic acid groups (broad SMARTS) is 1. The first-order valence-electron chi connectivity index (χ1n) is 11.3. The number of unbranched alkanes of at least 4 members (excludes halogenated alkanes) is 9. The van der Waals surface area contributed by atoms with Gasteiger partial charge in [-0.25, -0.2) is 4.79 Å². The molecular weight excluding hydrogens is 352 g/mol. The summed E-state index contributed by atoms with van der Waals surface area (Å²) in [7, 11) is 0. The quantitative estimate of drug-likeness (QED) is 0.291. The zero-order valence-corrected chi connectivity index (χ0v) is 17.9. The van der Waals surface area contributed by atoms with Crippen LogP contribution in [0.3, 0.4) is 0 Å². The highest BCUT2D eigenvalue weighted by atomic mass is 16.5. The number of hydrogen-bond donors (Lipinski definition) is 2. The summed E-state index contributed by atoms with van der Waals surface area (Å²) in [5.74, 6) is -0.359. The molecule has 0 saturated carbocycles. The third kappa shape index (κ3) is 10.7. The standard InChI is InChI=1S/C24H40O4/c1-3-5-7-9-11-13-15-23(24(26)27)28-21-18-16-20(17-19-21)22(25)14-12-10-8-6-4-2/h16-19,22-23,25H,3-15H2,1-2H3,(H,26,27). The molecule has 28 heavy (non-hydrogen) atoms. The number of aliphatic carboxylic acids is 1. The van der Waals surface area contributed by atoms with Crippen LogP contribution in [0.25, 0.3) is 0 Å². The van der Waals surface area contributed by atoms with Crippen molar-refractivity contribution < 1.29 is 19.7 Å². The molecular formula is C24H40O4. The lowest BCUT2D eigenvalue weighted by atomic mass is 10.0. The molecule has 2 unspecified atom stereocenters. The van der Waals surface area contributed by atoms with Crippen LogP contribution in [-0.2, 0) is 4.79 Å². The van der Waals surface area contributed by atoms with Crippen molar-refractivity contribution in [3.8, 4) is 5.75 Å². The first kappa shape index (κ1) is 24.5. The Morgan fingerprint density at radius 3 is 1.86 bits per heavy atom. The Labute approximate surface area is 171 Å². The first-order chi connectivity index (χ1) is 13.6. The Morgan fingerprint density at radius 2 is 1.32 bits per heavy atom. The minimum absolute atomic E-state index is 0.464. The second kappa shape index (κ2) is 15.4. The van der Waals surface area contributed by atoms with E-state index in [-0.39, 0.29) is 0 Å². The van der Waals surface area contributed by atoms with Gasteiger partial charge in [0.15, 0.2) is 6.10 Å². The van der Waals surface area contributed by atoms with E-state index in [1.54, 1.807) is 12.1 Å². The third-order valence-corrected chi connectivity index (χ3v) is 5.22. The fourth-order valence-electron chi connectivity index (χ4n) is 3.38. The van der Waals surface area contributed by atoms with Crippen LogP contribution < -0.4 is 4.74 Å². The molecule has 160 valence electrons. The monoisotopic (exact) mass is 392 g/mol. The normalized spacial score (nSPS) is 13.2. The van der Waals surface area contributed by atoms with E-state index in [4.69, 9.17) is 4.74 Å². The molecule has 0 aliphatic rings. The highest BCUT2D eigenvalue weighted by molar-refractivity contribution is 5.72. The molecule has 4 heteroatoms. The minimum Gasteiger partial charge on any atom is -0.479 e. The van der Waals surface area contributed by atoms with Crippen molar-refractivity contribution >= 4 is 5.97 Å².